The first-order valence-electron chi connectivity index (χ1n) is 7.59. The second-order valence-corrected chi connectivity index (χ2v) is 7.10. The van der Waals surface area contributed by atoms with Gasteiger partial charge in [0.25, 0.3) is 0 Å². The summed E-state index contributed by atoms with van der Waals surface area (Å²) in [6, 6.07) is 4.20. The Balaban J connectivity index is 2.41. The number of aliphatic hydroxyl groups is 1. The van der Waals surface area contributed by atoms with Crippen molar-refractivity contribution in [3.8, 4) is 0 Å². The molecule has 0 aliphatic carbocycles. The Morgan fingerprint density at radius 3 is 2.48 bits per heavy atom. The number of aryl methyl sites for hydroxylation is 2. The van der Waals surface area contributed by atoms with E-state index >= 15 is 0 Å². The second-order valence-electron chi connectivity index (χ2n) is 6.25. The maximum Gasteiger partial charge on any atom is 0.0945 e. The van der Waals surface area contributed by atoms with Crippen molar-refractivity contribution in [3.05, 3.63) is 27.7 Å². The van der Waals surface area contributed by atoms with Crippen LogP contribution in [0.4, 0.5) is 5.69 Å². The van der Waals surface area contributed by atoms with Gasteiger partial charge in [-0.1, -0.05) is 19.9 Å². The molecule has 0 amide bonds. The molecule has 0 radical (unpaired) electrons. The lowest BCUT2D eigenvalue weighted by Crippen LogP contribution is -2.27. The molecule has 21 heavy (non-hydrogen) atoms. The van der Waals surface area contributed by atoms with Crippen molar-refractivity contribution in [1.29, 1.82) is 0 Å². The molecule has 0 bridgehead atoms. The summed E-state index contributed by atoms with van der Waals surface area (Å²) >= 11 is 3.56. The molecule has 0 heterocycles. The molecule has 1 aromatic rings. The molecule has 0 fully saturated rings. The number of benzene rings is 1. The molecule has 1 rings (SSSR count). The van der Waals surface area contributed by atoms with E-state index in [2.05, 4.69) is 68.0 Å². The number of hydrogen-bond donors (Lipinski definition) is 2. The molecular weight excluding hydrogens is 330 g/mol. The SMILES string of the molecule is Cc1cc(C)c(NCC(O)COC(C)CC(C)C)c(Br)c1. The smallest absolute Gasteiger partial charge is 0.0945 e. The first kappa shape index (κ1) is 18.5. The highest BCUT2D eigenvalue weighted by Crippen LogP contribution is 2.27. The van der Waals surface area contributed by atoms with Crippen molar-refractivity contribution in [1.82, 2.24) is 0 Å². The van der Waals surface area contributed by atoms with Gasteiger partial charge in [0.15, 0.2) is 0 Å². The van der Waals surface area contributed by atoms with E-state index in [-0.39, 0.29) is 6.10 Å². The van der Waals surface area contributed by atoms with Crippen LogP contribution >= 0.6 is 15.9 Å². The van der Waals surface area contributed by atoms with Gasteiger partial charge in [-0.15, -0.1) is 0 Å². The minimum absolute atomic E-state index is 0.187. The average Bonchev–Trinajstić information content (AvgIpc) is 2.34. The Labute approximate surface area is 137 Å². The van der Waals surface area contributed by atoms with E-state index in [1.807, 2.05) is 0 Å². The van der Waals surface area contributed by atoms with E-state index in [0.717, 1.165) is 16.6 Å². The zero-order valence-corrected chi connectivity index (χ0v) is 15.3. The quantitative estimate of drug-likeness (QED) is 0.728. The van der Waals surface area contributed by atoms with Crippen LogP contribution in [0.3, 0.4) is 0 Å². The molecule has 0 saturated heterocycles. The van der Waals surface area contributed by atoms with Gasteiger partial charge < -0.3 is 15.2 Å². The van der Waals surface area contributed by atoms with Crippen LogP contribution in [0.5, 0.6) is 0 Å². The van der Waals surface area contributed by atoms with Crippen LogP contribution in [-0.4, -0.2) is 30.5 Å². The summed E-state index contributed by atoms with van der Waals surface area (Å²) in [4.78, 5) is 0. The van der Waals surface area contributed by atoms with Gasteiger partial charge in [0, 0.05) is 11.0 Å². The predicted octanol–water partition coefficient (Wildman–Crippen LogP) is 4.29. The van der Waals surface area contributed by atoms with Crippen LogP contribution in [0.1, 0.15) is 38.3 Å². The number of rotatable bonds is 8. The minimum Gasteiger partial charge on any atom is -0.389 e. The Hall–Kier alpha value is -0.580. The fourth-order valence-corrected chi connectivity index (χ4v) is 3.24. The van der Waals surface area contributed by atoms with Gasteiger partial charge in [0.2, 0.25) is 0 Å². The number of halogens is 1. The first-order valence-corrected chi connectivity index (χ1v) is 8.39. The fourth-order valence-electron chi connectivity index (χ4n) is 2.43. The Morgan fingerprint density at radius 1 is 1.24 bits per heavy atom. The van der Waals surface area contributed by atoms with E-state index in [1.54, 1.807) is 0 Å². The van der Waals surface area contributed by atoms with Gasteiger partial charge in [-0.2, -0.15) is 0 Å². The van der Waals surface area contributed by atoms with Gasteiger partial charge in [-0.3, -0.25) is 0 Å². The van der Waals surface area contributed by atoms with Crippen molar-refractivity contribution in [2.45, 2.75) is 53.2 Å². The molecule has 2 atom stereocenters. The highest BCUT2D eigenvalue weighted by molar-refractivity contribution is 9.10. The molecule has 2 N–H and O–H groups in total. The Morgan fingerprint density at radius 2 is 1.90 bits per heavy atom. The fraction of sp³-hybridized carbons (Fsp3) is 0.647. The van der Waals surface area contributed by atoms with E-state index in [9.17, 15) is 5.11 Å². The number of aliphatic hydroxyl groups excluding tert-OH is 1. The number of anilines is 1. The van der Waals surface area contributed by atoms with E-state index < -0.39 is 6.10 Å². The lowest BCUT2D eigenvalue weighted by atomic mass is 10.1. The third-order valence-electron chi connectivity index (χ3n) is 3.32. The summed E-state index contributed by atoms with van der Waals surface area (Å²) in [7, 11) is 0. The lowest BCUT2D eigenvalue weighted by Gasteiger charge is -2.19. The van der Waals surface area contributed by atoms with Crippen LogP contribution in [0, 0.1) is 19.8 Å². The molecular formula is C17H28BrNO2. The van der Waals surface area contributed by atoms with Crippen LogP contribution in [0.2, 0.25) is 0 Å². The topological polar surface area (TPSA) is 41.5 Å². The van der Waals surface area contributed by atoms with Gasteiger partial charge in [-0.05, 0) is 66.2 Å². The average molecular weight is 358 g/mol. The lowest BCUT2D eigenvalue weighted by molar-refractivity contribution is -0.00444. The zero-order valence-electron chi connectivity index (χ0n) is 13.7. The van der Waals surface area contributed by atoms with Gasteiger partial charge in [-0.25, -0.2) is 0 Å². The van der Waals surface area contributed by atoms with Crippen LogP contribution in [-0.2, 0) is 4.74 Å². The summed E-state index contributed by atoms with van der Waals surface area (Å²) in [6.07, 6.45) is 0.697. The predicted molar refractivity (Wildman–Crippen MR) is 93.0 cm³/mol. The van der Waals surface area contributed by atoms with Crippen molar-refractivity contribution in [2.24, 2.45) is 5.92 Å². The summed E-state index contributed by atoms with van der Waals surface area (Å²) in [5.41, 5.74) is 3.43. The normalized spacial score (nSPS) is 14.3. The van der Waals surface area contributed by atoms with Gasteiger partial charge >= 0.3 is 0 Å². The van der Waals surface area contributed by atoms with E-state index in [1.165, 1.54) is 11.1 Å². The molecule has 1 aromatic carbocycles. The third kappa shape index (κ3) is 6.81. The molecule has 0 aromatic heterocycles. The number of ether oxygens (including phenoxy) is 1. The molecule has 0 saturated carbocycles. The summed E-state index contributed by atoms with van der Waals surface area (Å²) in [5.74, 6) is 0.612. The highest BCUT2D eigenvalue weighted by atomic mass is 79.9. The second kappa shape index (κ2) is 8.76. The maximum atomic E-state index is 10.0. The van der Waals surface area contributed by atoms with Gasteiger partial charge in [0.05, 0.1) is 24.5 Å². The molecule has 0 aliphatic rings. The van der Waals surface area contributed by atoms with Crippen molar-refractivity contribution < 1.29 is 9.84 Å². The van der Waals surface area contributed by atoms with Crippen molar-refractivity contribution in [2.75, 3.05) is 18.5 Å². The first-order chi connectivity index (χ1) is 9.79. The number of hydrogen-bond acceptors (Lipinski definition) is 3. The Bertz CT molecular complexity index is 425. The third-order valence-corrected chi connectivity index (χ3v) is 3.95. The van der Waals surface area contributed by atoms with Gasteiger partial charge in [0.1, 0.15) is 0 Å². The summed E-state index contributed by atoms with van der Waals surface area (Å²) in [5, 5.41) is 13.3. The zero-order chi connectivity index (χ0) is 16.0. The van der Waals surface area contributed by atoms with Crippen molar-refractivity contribution in [3.63, 3.8) is 0 Å². The van der Waals surface area contributed by atoms with Crippen LogP contribution < -0.4 is 5.32 Å². The largest absolute Gasteiger partial charge is 0.389 e. The van der Waals surface area contributed by atoms with Crippen molar-refractivity contribution >= 4 is 21.6 Å². The summed E-state index contributed by atoms with van der Waals surface area (Å²) < 4.78 is 6.71. The number of nitrogens with one attached hydrogen (secondary N) is 1. The highest BCUT2D eigenvalue weighted by Gasteiger charge is 2.11. The Kier molecular flexibility index (Phi) is 7.71. The standard InChI is InChI=1S/C17H28BrNO2/c1-11(2)6-14(5)21-10-15(20)9-19-17-13(4)7-12(3)8-16(17)18/h7-8,11,14-15,19-20H,6,9-10H2,1-5H3. The van der Waals surface area contributed by atoms with Crippen LogP contribution in [0.25, 0.3) is 0 Å². The molecule has 3 nitrogen and oxygen atoms in total. The molecule has 0 aliphatic heterocycles. The molecule has 2 unspecified atom stereocenters. The maximum absolute atomic E-state index is 10.0. The molecule has 0 spiro atoms. The molecule has 120 valence electrons. The monoisotopic (exact) mass is 357 g/mol. The molecule has 4 heteroatoms. The summed E-state index contributed by atoms with van der Waals surface area (Å²) in [6.45, 7) is 11.4. The van der Waals surface area contributed by atoms with E-state index in [0.29, 0.717) is 19.1 Å². The van der Waals surface area contributed by atoms with Crippen LogP contribution in [0.15, 0.2) is 16.6 Å². The minimum atomic E-state index is -0.507. The van der Waals surface area contributed by atoms with E-state index in [4.69, 9.17) is 4.74 Å².